The van der Waals surface area contributed by atoms with E-state index in [2.05, 4.69) is 28.1 Å². The first-order valence-electron chi connectivity index (χ1n) is 7.73. The van der Waals surface area contributed by atoms with E-state index in [4.69, 9.17) is 9.72 Å². The molecule has 1 heterocycles. The summed E-state index contributed by atoms with van der Waals surface area (Å²) in [6, 6.07) is 4.15. The number of carbonyl (C=O) groups is 1. The van der Waals surface area contributed by atoms with Crippen LogP contribution in [-0.4, -0.2) is 16.6 Å². The summed E-state index contributed by atoms with van der Waals surface area (Å²) in [5.74, 6) is 0.943. The molecule has 0 bridgehead atoms. The minimum Gasteiger partial charge on any atom is -0.459 e. The van der Waals surface area contributed by atoms with Crippen LogP contribution in [0.25, 0.3) is 0 Å². The van der Waals surface area contributed by atoms with Gasteiger partial charge in [-0.25, -0.2) is 0 Å². The molecule has 2 saturated carbocycles. The van der Waals surface area contributed by atoms with Crippen molar-refractivity contribution in [1.82, 2.24) is 4.98 Å². The predicted octanol–water partition coefficient (Wildman–Crippen LogP) is 4.61. The molecule has 0 radical (unpaired) electrons. The third kappa shape index (κ3) is 3.65. The molecule has 0 saturated heterocycles. The van der Waals surface area contributed by atoms with E-state index in [9.17, 15) is 4.79 Å². The Morgan fingerprint density at radius 1 is 1.24 bits per heavy atom. The Morgan fingerprint density at radius 3 is 2.38 bits per heavy atom. The average molecular weight is 352 g/mol. The number of alkyl halides is 1. The molecule has 1 aromatic heterocycles. The van der Waals surface area contributed by atoms with Crippen LogP contribution in [0, 0.1) is 0 Å². The molecule has 2 aliphatic rings. The number of pyridine rings is 1. The monoisotopic (exact) mass is 351 g/mol. The molecule has 2 fully saturated rings. The number of hydrogen-bond donors (Lipinski definition) is 0. The lowest BCUT2D eigenvalue weighted by molar-refractivity contribution is -0.154. The third-order valence-corrected chi connectivity index (χ3v) is 4.69. The number of nitrogens with zero attached hydrogens (tertiary/aromatic N) is 1. The number of hydrogen-bond acceptors (Lipinski definition) is 3. The summed E-state index contributed by atoms with van der Waals surface area (Å²) in [5, 5.41) is 0. The summed E-state index contributed by atoms with van der Waals surface area (Å²) in [6.07, 6.45) is 4.87. The lowest BCUT2D eigenvalue weighted by Crippen LogP contribution is -2.26. The largest absolute Gasteiger partial charge is 0.459 e. The molecular weight excluding hydrogens is 330 g/mol. The van der Waals surface area contributed by atoms with Crippen molar-refractivity contribution >= 4 is 21.9 Å². The molecule has 0 spiro atoms. The van der Waals surface area contributed by atoms with Gasteiger partial charge in [-0.3, -0.25) is 9.78 Å². The molecule has 0 aromatic carbocycles. The highest BCUT2D eigenvalue weighted by Crippen LogP contribution is 2.46. The van der Waals surface area contributed by atoms with E-state index in [1.807, 2.05) is 20.8 Å². The van der Waals surface area contributed by atoms with Gasteiger partial charge >= 0.3 is 5.97 Å². The number of carbonyl (C=O) groups excluding carboxylic acids is 1. The average Bonchev–Trinajstić information content (AvgIpc) is 3.28. The predicted molar refractivity (Wildman–Crippen MR) is 85.7 cm³/mol. The third-order valence-electron chi connectivity index (χ3n) is 3.83. The van der Waals surface area contributed by atoms with Crippen LogP contribution in [0.2, 0.25) is 0 Å². The van der Waals surface area contributed by atoms with Crippen molar-refractivity contribution in [2.75, 3.05) is 0 Å². The summed E-state index contributed by atoms with van der Waals surface area (Å²) in [4.78, 5) is 16.7. The van der Waals surface area contributed by atoms with Gasteiger partial charge in [0, 0.05) is 23.2 Å². The molecule has 0 aliphatic heterocycles. The van der Waals surface area contributed by atoms with Gasteiger partial charge in [-0.2, -0.15) is 0 Å². The van der Waals surface area contributed by atoms with Gasteiger partial charge in [-0.1, -0.05) is 22.0 Å². The molecule has 2 aliphatic carbocycles. The van der Waals surface area contributed by atoms with E-state index >= 15 is 0 Å². The zero-order chi connectivity index (χ0) is 15.2. The Kier molecular flexibility index (Phi) is 3.85. The topological polar surface area (TPSA) is 39.2 Å². The van der Waals surface area contributed by atoms with E-state index in [0.717, 1.165) is 11.3 Å². The van der Waals surface area contributed by atoms with Crippen molar-refractivity contribution in [3.63, 3.8) is 0 Å². The number of aromatic nitrogens is 1. The lowest BCUT2D eigenvalue weighted by atomic mass is 10.0. The van der Waals surface area contributed by atoms with Gasteiger partial charge in [0.15, 0.2) is 0 Å². The van der Waals surface area contributed by atoms with Crippen molar-refractivity contribution < 1.29 is 9.53 Å². The number of ether oxygens (including phenoxy) is 1. The van der Waals surface area contributed by atoms with Crippen LogP contribution in [0.1, 0.15) is 80.1 Å². The smallest absolute Gasteiger partial charge is 0.324 e. The van der Waals surface area contributed by atoms with Gasteiger partial charge in [-0.15, -0.1) is 0 Å². The second-order valence-electron chi connectivity index (χ2n) is 7.16. The van der Waals surface area contributed by atoms with Crippen molar-refractivity contribution in [3.05, 3.63) is 29.1 Å². The zero-order valence-electron chi connectivity index (χ0n) is 12.9. The fraction of sp³-hybridized carbons (Fsp3) is 0.647. The van der Waals surface area contributed by atoms with E-state index in [1.54, 1.807) is 0 Å². The Labute approximate surface area is 134 Å². The molecule has 0 amide bonds. The van der Waals surface area contributed by atoms with Crippen LogP contribution in [0.5, 0.6) is 0 Å². The summed E-state index contributed by atoms with van der Waals surface area (Å²) >= 11 is 3.51. The summed E-state index contributed by atoms with van der Waals surface area (Å²) in [6.45, 7) is 5.67. The maximum absolute atomic E-state index is 12.3. The first-order chi connectivity index (χ1) is 9.85. The highest BCUT2D eigenvalue weighted by Gasteiger charge is 2.35. The quantitative estimate of drug-likeness (QED) is 0.587. The standard InChI is InChI=1S/C17H22BrNO2/c1-17(2,3)21-16(20)14(18)12-8-9-13(10-4-5-10)19-15(12)11-6-7-11/h8-11,14H,4-7H2,1-3H3. The zero-order valence-corrected chi connectivity index (χ0v) is 14.4. The second-order valence-corrected chi connectivity index (χ2v) is 8.07. The Balaban J connectivity index is 1.84. The second kappa shape index (κ2) is 5.38. The van der Waals surface area contributed by atoms with E-state index in [-0.39, 0.29) is 5.97 Å². The van der Waals surface area contributed by atoms with Gasteiger partial charge < -0.3 is 4.74 Å². The first-order valence-corrected chi connectivity index (χ1v) is 8.64. The van der Waals surface area contributed by atoms with Gasteiger partial charge in [0.2, 0.25) is 0 Å². The lowest BCUT2D eigenvalue weighted by Gasteiger charge is -2.22. The van der Waals surface area contributed by atoms with Crippen LogP contribution in [0.15, 0.2) is 12.1 Å². The number of esters is 1. The van der Waals surface area contributed by atoms with Crippen LogP contribution < -0.4 is 0 Å². The van der Waals surface area contributed by atoms with Gasteiger partial charge in [-0.05, 0) is 58.1 Å². The fourth-order valence-corrected chi connectivity index (χ4v) is 2.97. The minimum absolute atomic E-state index is 0.231. The van der Waals surface area contributed by atoms with Crippen LogP contribution in [-0.2, 0) is 9.53 Å². The molecule has 1 aromatic rings. The van der Waals surface area contributed by atoms with Crippen LogP contribution >= 0.6 is 15.9 Å². The fourth-order valence-electron chi connectivity index (χ4n) is 2.49. The van der Waals surface area contributed by atoms with Crippen molar-refractivity contribution in [3.8, 4) is 0 Å². The van der Waals surface area contributed by atoms with E-state index in [1.165, 1.54) is 31.4 Å². The maximum Gasteiger partial charge on any atom is 0.324 e. The maximum atomic E-state index is 12.3. The van der Waals surface area contributed by atoms with Crippen molar-refractivity contribution in [1.29, 1.82) is 0 Å². The minimum atomic E-state index is -0.468. The molecular formula is C17H22BrNO2. The van der Waals surface area contributed by atoms with Gasteiger partial charge in [0.1, 0.15) is 10.4 Å². The van der Waals surface area contributed by atoms with Gasteiger partial charge in [0.05, 0.1) is 0 Å². The van der Waals surface area contributed by atoms with Crippen molar-refractivity contribution in [2.24, 2.45) is 0 Å². The highest BCUT2D eigenvalue weighted by molar-refractivity contribution is 9.09. The SMILES string of the molecule is CC(C)(C)OC(=O)C(Br)c1ccc(C2CC2)nc1C1CC1. The van der Waals surface area contributed by atoms with E-state index in [0.29, 0.717) is 11.8 Å². The summed E-state index contributed by atoms with van der Waals surface area (Å²) < 4.78 is 5.49. The molecule has 114 valence electrons. The molecule has 0 N–H and O–H groups in total. The first kappa shape index (κ1) is 15.0. The summed E-state index contributed by atoms with van der Waals surface area (Å²) in [7, 11) is 0. The Hall–Kier alpha value is -0.900. The normalized spacial score (nSPS) is 20.2. The number of rotatable bonds is 4. The molecule has 3 nitrogen and oxygen atoms in total. The summed E-state index contributed by atoms with van der Waals surface area (Å²) in [5.41, 5.74) is 2.82. The molecule has 1 unspecified atom stereocenters. The Morgan fingerprint density at radius 2 is 1.86 bits per heavy atom. The van der Waals surface area contributed by atoms with Gasteiger partial charge in [0.25, 0.3) is 0 Å². The highest BCUT2D eigenvalue weighted by atomic mass is 79.9. The van der Waals surface area contributed by atoms with Crippen LogP contribution in [0.4, 0.5) is 0 Å². The molecule has 3 rings (SSSR count). The molecule has 1 atom stereocenters. The number of halogens is 1. The van der Waals surface area contributed by atoms with Crippen molar-refractivity contribution in [2.45, 2.75) is 68.7 Å². The molecule has 4 heteroatoms. The van der Waals surface area contributed by atoms with Crippen LogP contribution in [0.3, 0.4) is 0 Å². The molecule has 21 heavy (non-hydrogen) atoms. The van der Waals surface area contributed by atoms with E-state index < -0.39 is 10.4 Å². The Bertz CT molecular complexity index is 556.